The fraction of sp³-hybridized carbons (Fsp3) is 0.300. The van der Waals surface area contributed by atoms with E-state index in [9.17, 15) is 14.0 Å². The van der Waals surface area contributed by atoms with Gasteiger partial charge in [-0.25, -0.2) is 4.39 Å². The van der Waals surface area contributed by atoms with E-state index >= 15 is 0 Å². The Hall–Kier alpha value is -2.54. The predicted molar refractivity (Wildman–Crippen MR) is 104 cm³/mol. The minimum atomic E-state index is -0.903. The fourth-order valence-electron chi connectivity index (χ4n) is 2.14. The Balaban J connectivity index is 1.72. The van der Waals surface area contributed by atoms with E-state index < -0.39 is 18.0 Å². The molecule has 0 heterocycles. The minimum absolute atomic E-state index is 0.155. The molecule has 1 atom stereocenters. The SMILES string of the molecule is CCOc1ccc(NC(=O)[C@@H](C)OC(=O)CCSc2ccc(F)cc2)cc1. The number of rotatable bonds is 9. The van der Waals surface area contributed by atoms with E-state index in [2.05, 4.69) is 5.32 Å². The van der Waals surface area contributed by atoms with Crippen molar-refractivity contribution in [3.8, 4) is 5.75 Å². The summed E-state index contributed by atoms with van der Waals surface area (Å²) in [5.41, 5.74) is 0.596. The lowest BCUT2D eigenvalue weighted by atomic mass is 10.3. The van der Waals surface area contributed by atoms with Crippen molar-refractivity contribution in [2.24, 2.45) is 0 Å². The lowest BCUT2D eigenvalue weighted by Gasteiger charge is -2.14. The quantitative estimate of drug-likeness (QED) is 0.511. The van der Waals surface area contributed by atoms with Gasteiger partial charge in [0.25, 0.3) is 5.91 Å². The highest BCUT2D eigenvalue weighted by Gasteiger charge is 2.17. The summed E-state index contributed by atoms with van der Waals surface area (Å²) in [6.45, 7) is 3.98. The van der Waals surface area contributed by atoms with Crippen LogP contribution in [0.1, 0.15) is 20.3 Å². The van der Waals surface area contributed by atoms with Gasteiger partial charge in [0.05, 0.1) is 13.0 Å². The van der Waals surface area contributed by atoms with Crippen LogP contribution in [0.2, 0.25) is 0 Å². The number of carbonyl (C=O) groups is 2. The van der Waals surface area contributed by atoms with Crippen molar-refractivity contribution < 1.29 is 23.5 Å². The molecule has 5 nitrogen and oxygen atoms in total. The number of esters is 1. The molecule has 0 aromatic heterocycles. The van der Waals surface area contributed by atoms with Crippen LogP contribution in [0, 0.1) is 5.82 Å². The molecule has 0 aliphatic heterocycles. The fourth-order valence-corrected chi connectivity index (χ4v) is 2.97. The van der Waals surface area contributed by atoms with Crippen molar-refractivity contribution in [2.75, 3.05) is 17.7 Å². The first-order chi connectivity index (χ1) is 13.0. The molecule has 0 radical (unpaired) electrons. The van der Waals surface area contributed by atoms with Crippen LogP contribution in [-0.2, 0) is 14.3 Å². The highest BCUT2D eigenvalue weighted by molar-refractivity contribution is 7.99. The Morgan fingerprint density at radius 1 is 1.11 bits per heavy atom. The summed E-state index contributed by atoms with van der Waals surface area (Å²) in [5.74, 6) is 0.0370. The van der Waals surface area contributed by atoms with E-state index in [0.717, 1.165) is 4.90 Å². The molecule has 144 valence electrons. The smallest absolute Gasteiger partial charge is 0.307 e. The molecule has 0 fully saturated rings. The molecule has 0 saturated heterocycles. The number of hydrogen-bond acceptors (Lipinski definition) is 5. The van der Waals surface area contributed by atoms with Crippen LogP contribution >= 0.6 is 11.8 Å². The van der Waals surface area contributed by atoms with E-state index in [4.69, 9.17) is 9.47 Å². The second kappa shape index (κ2) is 10.6. The van der Waals surface area contributed by atoms with Gasteiger partial charge in [0, 0.05) is 16.3 Å². The van der Waals surface area contributed by atoms with Gasteiger partial charge in [-0.3, -0.25) is 9.59 Å². The molecule has 27 heavy (non-hydrogen) atoms. The van der Waals surface area contributed by atoms with E-state index in [1.54, 1.807) is 36.4 Å². The summed E-state index contributed by atoms with van der Waals surface area (Å²) >= 11 is 1.42. The van der Waals surface area contributed by atoms with Crippen molar-refractivity contribution in [3.63, 3.8) is 0 Å². The van der Waals surface area contributed by atoms with Crippen LogP contribution < -0.4 is 10.1 Å². The largest absolute Gasteiger partial charge is 0.494 e. The first kappa shape index (κ1) is 20.8. The number of amides is 1. The van der Waals surface area contributed by atoms with Gasteiger partial charge in [-0.15, -0.1) is 11.8 Å². The summed E-state index contributed by atoms with van der Waals surface area (Å²) in [6, 6.07) is 13.0. The van der Waals surface area contributed by atoms with Crippen LogP contribution in [-0.4, -0.2) is 30.3 Å². The Labute approximate surface area is 162 Å². The van der Waals surface area contributed by atoms with E-state index in [1.165, 1.54) is 30.8 Å². The standard InChI is InChI=1S/C20H22FNO4S/c1-3-25-17-8-6-16(7-9-17)22-20(24)14(2)26-19(23)12-13-27-18-10-4-15(21)5-11-18/h4-11,14H,3,12-13H2,1-2H3,(H,22,24)/t14-/m1/s1. The van der Waals surface area contributed by atoms with Gasteiger partial charge in [0.1, 0.15) is 11.6 Å². The number of ether oxygens (including phenoxy) is 2. The first-order valence-corrected chi connectivity index (χ1v) is 9.58. The third kappa shape index (κ3) is 7.30. The molecule has 0 unspecified atom stereocenters. The van der Waals surface area contributed by atoms with Crippen molar-refractivity contribution in [2.45, 2.75) is 31.3 Å². The molecule has 0 saturated carbocycles. The molecule has 2 aromatic carbocycles. The van der Waals surface area contributed by atoms with Crippen LogP contribution in [0.4, 0.5) is 10.1 Å². The van der Waals surface area contributed by atoms with Crippen molar-refractivity contribution >= 4 is 29.3 Å². The number of thioether (sulfide) groups is 1. The van der Waals surface area contributed by atoms with Crippen LogP contribution in [0.3, 0.4) is 0 Å². The average molecular weight is 391 g/mol. The molecule has 0 aliphatic rings. The monoisotopic (exact) mass is 391 g/mol. The second-order valence-corrected chi connectivity index (χ2v) is 6.80. The molecule has 7 heteroatoms. The minimum Gasteiger partial charge on any atom is -0.494 e. The van der Waals surface area contributed by atoms with Crippen molar-refractivity contribution in [3.05, 3.63) is 54.3 Å². The number of benzene rings is 2. The molecule has 2 rings (SSSR count). The van der Waals surface area contributed by atoms with Crippen molar-refractivity contribution in [1.82, 2.24) is 0 Å². The molecule has 0 spiro atoms. The van der Waals surface area contributed by atoms with Gasteiger partial charge in [-0.05, 0) is 62.4 Å². The third-order valence-corrected chi connectivity index (χ3v) is 4.51. The Morgan fingerprint density at radius 3 is 2.41 bits per heavy atom. The number of hydrogen-bond donors (Lipinski definition) is 1. The first-order valence-electron chi connectivity index (χ1n) is 8.59. The molecule has 1 amide bonds. The van der Waals surface area contributed by atoms with Gasteiger partial charge < -0.3 is 14.8 Å². The molecule has 0 bridgehead atoms. The zero-order valence-corrected chi connectivity index (χ0v) is 16.1. The molecule has 1 N–H and O–H groups in total. The highest BCUT2D eigenvalue weighted by atomic mass is 32.2. The lowest BCUT2D eigenvalue weighted by Crippen LogP contribution is -2.30. The van der Waals surface area contributed by atoms with E-state index in [1.807, 2.05) is 6.92 Å². The van der Waals surface area contributed by atoms with E-state index in [-0.39, 0.29) is 12.2 Å². The average Bonchev–Trinajstić information content (AvgIpc) is 2.65. The predicted octanol–water partition coefficient (Wildman–Crippen LogP) is 4.28. The molecule has 2 aromatic rings. The van der Waals surface area contributed by atoms with Crippen LogP contribution in [0.5, 0.6) is 5.75 Å². The van der Waals surface area contributed by atoms with Gasteiger partial charge >= 0.3 is 5.97 Å². The summed E-state index contributed by atoms with van der Waals surface area (Å²) in [6.07, 6.45) is -0.747. The van der Waals surface area contributed by atoms with Crippen LogP contribution in [0.25, 0.3) is 0 Å². The van der Waals surface area contributed by atoms with Gasteiger partial charge in [-0.2, -0.15) is 0 Å². The molecule has 0 aliphatic carbocycles. The summed E-state index contributed by atoms with van der Waals surface area (Å²) in [7, 11) is 0. The number of nitrogens with one attached hydrogen (secondary N) is 1. The Morgan fingerprint density at radius 2 is 1.78 bits per heavy atom. The number of anilines is 1. The van der Waals surface area contributed by atoms with Crippen molar-refractivity contribution in [1.29, 1.82) is 0 Å². The number of halogens is 1. The Bertz CT molecular complexity index is 750. The Kier molecular flexibility index (Phi) is 8.13. The lowest BCUT2D eigenvalue weighted by molar-refractivity contribution is -0.152. The maximum atomic E-state index is 12.8. The van der Waals surface area contributed by atoms with Crippen LogP contribution in [0.15, 0.2) is 53.4 Å². The highest BCUT2D eigenvalue weighted by Crippen LogP contribution is 2.19. The van der Waals surface area contributed by atoms with E-state index in [0.29, 0.717) is 23.8 Å². The van der Waals surface area contributed by atoms with Gasteiger partial charge in [-0.1, -0.05) is 0 Å². The van der Waals surface area contributed by atoms with Gasteiger partial charge in [0.2, 0.25) is 0 Å². The normalized spacial score (nSPS) is 11.5. The third-order valence-electron chi connectivity index (χ3n) is 3.50. The zero-order valence-electron chi connectivity index (χ0n) is 15.2. The molecular formula is C20H22FNO4S. The summed E-state index contributed by atoms with van der Waals surface area (Å²) < 4.78 is 23.3. The summed E-state index contributed by atoms with van der Waals surface area (Å²) in [5, 5.41) is 2.69. The maximum absolute atomic E-state index is 12.8. The van der Waals surface area contributed by atoms with Gasteiger partial charge in [0.15, 0.2) is 6.10 Å². The topological polar surface area (TPSA) is 64.6 Å². The maximum Gasteiger partial charge on any atom is 0.307 e. The second-order valence-electron chi connectivity index (χ2n) is 5.63. The summed E-state index contributed by atoms with van der Waals surface area (Å²) in [4.78, 5) is 24.9. The zero-order chi connectivity index (χ0) is 19.6. The number of carbonyl (C=O) groups excluding carboxylic acids is 2. The molecular weight excluding hydrogens is 369 g/mol.